The fourth-order valence-electron chi connectivity index (χ4n) is 3.67. The van der Waals surface area contributed by atoms with Crippen molar-refractivity contribution in [2.24, 2.45) is 16.6 Å². The van der Waals surface area contributed by atoms with Gasteiger partial charge in [0.05, 0.1) is 17.8 Å². The molecular formula is C15H29NO2. The first-order valence-corrected chi connectivity index (χ1v) is 7.28. The Morgan fingerprint density at radius 3 is 2.28 bits per heavy atom. The van der Waals surface area contributed by atoms with Gasteiger partial charge in [-0.25, -0.2) is 0 Å². The normalized spacial score (nSPS) is 39.0. The molecule has 0 aromatic carbocycles. The quantitative estimate of drug-likeness (QED) is 0.811. The molecule has 0 radical (unpaired) electrons. The summed E-state index contributed by atoms with van der Waals surface area (Å²) < 4.78 is 5.96. The van der Waals surface area contributed by atoms with Crippen LogP contribution in [-0.2, 0) is 4.74 Å². The molecule has 2 aliphatic rings. The van der Waals surface area contributed by atoms with Crippen molar-refractivity contribution >= 4 is 0 Å². The fraction of sp³-hybridized carbons (Fsp3) is 1.00. The topological polar surface area (TPSA) is 55.5 Å². The third-order valence-electron chi connectivity index (χ3n) is 5.11. The summed E-state index contributed by atoms with van der Waals surface area (Å²) in [6.45, 7) is 9.15. The third kappa shape index (κ3) is 2.33. The van der Waals surface area contributed by atoms with Gasteiger partial charge in [0.2, 0.25) is 0 Å². The molecule has 3 N–H and O–H groups in total. The molecular weight excluding hydrogens is 226 g/mol. The van der Waals surface area contributed by atoms with Gasteiger partial charge in [-0.3, -0.25) is 0 Å². The Morgan fingerprint density at radius 2 is 1.89 bits per heavy atom. The van der Waals surface area contributed by atoms with E-state index in [0.717, 1.165) is 32.1 Å². The van der Waals surface area contributed by atoms with Crippen LogP contribution >= 0.6 is 0 Å². The Morgan fingerprint density at radius 1 is 1.22 bits per heavy atom. The summed E-state index contributed by atoms with van der Waals surface area (Å²) in [5.74, 6) is 0. The zero-order chi connectivity index (χ0) is 13.6. The van der Waals surface area contributed by atoms with Crippen LogP contribution in [0.25, 0.3) is 0 Å². The number of nitrogens with two attached hydrogens (primary N) is 1. The van der Waals surface area contributed by atoms with Gasteiger partial charge in [-0.05, 0) is 44.4 Å². The monoisotopic (exact) mass is 255 g/mol. The summed E-state index contributed by atoms with van der Waals surface area (Å²) in [7, 11) is 0. The number of hydrogen-bond acceptors (Lipinski definition) is 3. The van der Waals surface area contributed by atoms with E-state index in [0.29, 0.717) is 12.6 Å². The summed E-state index contributed by atoms with van der Waals surface area (Å²) in [5, 5.41) is 11.0. The van der Waals surface area contributed by atoms with Crippen molar-refractivity contribution in [3.05, 3.63) is 0 Å². The van der Waals surface area contributed by atoms with Gasteiger partial charge >= 0.3 is 0 Å². The summed E-state index contributed by atoms with van der Waals surface area (Å²) in [4.78, 5) is 0. The standard InChI is InChI=1S/C15H29NO2/c1-13(2,3)7-8-14(4,17)15(10-16)9-11-5-6-12(15)18-11/h11-12,17H,5-10,16H2,1-4H3. The van der Waals surface area contributed by atoms with Crippen LogP contribution in [0.15, 0.2) is 0 Å². The second kappa shape index (κ2) is 4.46. The fourth-order valence-corrected chi connectivity index (χ4v) is 3.67. The number of rotatable bonds is 4. The van der Waals surface area contributed by atoms with Gasteiger partial charge in [-0.1, -0.05) is 20.8 Å². The molecule has 0 saturated carbocycles. The highest BCUT2D eigenvalue weighted by Crippen LogP contribution is 2.54. The summed E-state index contributed by atoms with van der Waals surface area (Å²) >= 11 is 0. The van der Waals surface area contributed by atoms with Gasteiger partial charge in [0.25, 0.3) is 0 Å². The number of ether oxygens (including phenoxy) is 1. The van der Waals surface area contributed by atoms with Crippen molar-refractivity contribution in [1.82, 2.24) is 0 Å². The summed E-state index contributed by atoms with van der Waals surface area (Å²) in [5.41, 5.74) is 5.35. The van der Waals surface area contributed by atoms with E-state index in [4.69, 9.17) is 10.5 Å². The van der Waals surface area contributed by atoms with E-state index in [9.17, 15) is 5.11 Å². The molecule has 0 aromatic rings. The Labute approximate surface area is 111 Å². The zero-order valence-corrected chi connectivity index (χ0v) is 12.3. The maximum Gasteiger partial charge on any atom is 0.0713 e. The van der Waals surface area contributed by atoms with Crippen molar-refractivity contribution in [2.75, 3.05) is 6.54 Å². The van der Waals surface area contributed by atoms with Crippen LogP contribution < -0.4 is 5.73 Å². The molecule has 0 amide bonds. The lowest BCUT2D eigenvalue weighted by molar-refractivity contribution is -0.108. The van der Waals surface area contributed by atoms with Crippen molar-refractivity contribution < 1.29 is 9.84 Å². The van der Waals surface area contributed by atoms with Gasteiger partial charge in [-0.2, -0.15) is 0 Å². The molecule has 0 spiro atoms. The lowest BCUT2D eigenvalue weighted by Crippen LogP contribution is -2.56. The Balaban J connectivity index is 2.11. The molecule has 18 heavy (non-hydrogen) atoms. The van der Waals surface area contributed by atoms with Crippen LogP contribution in [0.2, 0.25) is 0 Å². The van der Waals surface area contributed by atoms with Gasteiger partial charge in [0.15, 0.2) is 0 Å². The SMILES string of the molecule is CC(C)(C)CCC(C)(O)C1(CN)CC2CCC1O2. The van der Waals surface area contributed by atoms with Crippen molar-refractivity contribution in [1.29, 1.82) is 0 Å². The van der Waals surface area contributed by atoms with E-state index < -0.39 is 5.60 Å². The Hall–Kier alpha value is -0.120. The van der Waals surface area contributed by atoms with Crippen LogP contribution in [0.3, 0.4) is 0 Å². The van der Waals surface area contributed by atoms with E-state index in [1.54, 1.807) is 0 Å². The summed E-state index contributed by atoms with van der Waals surface area (Å²) in [6.07, 6.45) is 5.46. The van der Waals surface area contributed by atoms with Crippen LogP contribution in [-0.4, -0.2) is 29.5 Å². The zero-order valence-electron chi connectivity index (χ0n) is 12.3. The molecule has 4 unspecified atom stereocenters. The first-order valence-electron chi connectivity index (χ1n) is 7.28. The van der Waals surface area contributed by atoms with Gasteiger partial charge in [-0.15, -0.1) is 0 Å². The lowest BCUT2D eigenvalue weighted by Gasteiger charge is -2.47. The van der Waals surface area contributed by atoms with Crippen molar-refractivity contribution in [3.8, 4) is 0 Å². The number of fused-ring (bicyclic) bond motifs is 2. The summed E-state index contributed by atoms with van der Waals surface area (Å²) in [6, 6.07) is 0. The number of aliphatic hydroxyl groups is 1. The minimum atomic E-state index is -0.713. The first kappa shape index (κ1) is 14.3. The minimum Gasteiger partial charge on any atom is -0.389 e. The van der Waals surface area contributed by atoms with Gasteiger partial charge in [0.1, 0.15) is 0 Å². The molecule has 2 bridgehead atoms. The molecule has 2 heterocycles. The average Bonchev–Trinajstić information content (AvgIpc) is 2.85. The molecule has 4 atom stereocenters. The Kier molecular flexibility index (Phi) is 3.54. The molecule has 2 aliphatic heterocycles. The third-order valence-corrected chi connectivity index (χ3v) is 5.11. The van der Waals surface area contributed by atoms with Gasteiger partial charge in [0, 0.05) is 12.0 Å². The molecule has 3 heteroatoms. The maximum absolute atomic E-state index is 11.0. The molecule has 0 aromatic heterocycles. The highest BCUT2D eigenvalue weighted by atomic mass is 16.5. The van der Waals surface area contributed by atoms with E-state index in [2.05, 4.69) is 20.8 Å². The van der Waals surface area contributed by atoms with Crippen LogP contribution in [0.1, 0.15) is 59.8 Å². The number of hydrogen-bond donors (Lipinski definition) is 2. The van der Waals surface area contributed by atoms with Crippen LogP contribution in [0.5, 0.6) is 0 Å². The Bertz CT molecular complexity index is 308. The second-order valence-corrected chi connectivity index (χ2v) is 7.72. The smallest absolute Gasteiger partial charge is 0.0713 e. The first-order chi connectivity index (χ1) is 8.20. The highest BCUT2D eigenvalue weighted by molar-refractivity contribution is 5.10. The van der Waals surface area contributed by atoms with Crippen molar-refractivity contribution in [3.63, 3.8) is 0 Å². The molecule has 2 saturated heterocycles. The predicted molar refractivity (Wildman–Crippen MR) is 73.3 cm³/mol. The van der Waals surface area contributed by atoms with Crippen molar-refractivity contribution in [2.45, 2.75) is 77.6 Å². The minimum absolute atomic E-state index is 0.169. The molecule has 2 fully saturated rings. The second-order valence-electron chi connectivity index (χ2n) is 7.72. The largest absolute Gasteiger partial charge is 0.389 e. The average molecular weight is 255 g/mol. The van der Waals surface area contributed by atoms with E-state index in [1.165, 1.54) is 0 Å². The molecule has 106 valence electrons. The lowest BCUT2D eigenvalue weighted by atomic mass is 9.61. The van der Waals surface area contributed by atoms with Crippen LogP contribution in [0.4, 0.5) is 0 Å². The van der Waals surface area contributed by atoms with E-state index in [1.807, 2.05) is 6.92 Å². The predicted octanol–water partition coefficient (Wildman–Crippen LogP) is 2.46. The molecule has 3 nitrogen and oxygen atoms in total. The van der Waals surface area contributed by atoms with Gasteiger partial charge < -0.3 is 15.6 Å². The molecule has 2 rings (SSSR count). The maximum atomic E-state index is 11.0. The molecule has 0 aliphatic carbocycles. The van der Waals surface area contributed by atoms with E-state index in [-0.39, 0.29) is 16.9 Å². The van der Waals surface area contributed by atoms with Crippen LogP contribution in [0, 0.1) is 10.8 Å². The van der Waals surface area contributed by atoms with E-state index >= 15 is 0 Å². The highest BCUT2D eigenvalue weighted by Gasteiger charge is 2.60.